The third-order valence-electron chi connectivity index (χ3n) is 1.73. The molecule has 2 aromatic carbocycles. The van der Waals surface area contributed by atoms with Gasteiger partial charge in [-0.2, -0.15) is 4.89 Å². The second-order valence-electron chi connectivity index (χ2n) is 2.94. The number of benzene rings is 2. The highest BCUT2D eigenvalue weighted by atomic mass is 31.1. The molecule has 1 unspecified atom stereocenters. The van der Waals surface area contributed by atoms with Gasteiger partial charge in [0.2, 0.25) is 5.30 Å². The van der Waals surface area contributed by atoms with Crippen LogP contribution < -0.4 is 5.30 Å². The highest BCUT2D eigenvalue weighted by Crippen LogP contribution is 2.10. The van der Waals surface area contributed by atoms with Crippen LogP contribution in [-0.2, 0) is 4.57 Å². The van der Waals surface area contributed by atoms with E-state index in [1.165, 1.54) is 0 Å². The molecular weight excluding hydrogens is 223 g/mol. The lowest BCUT2D eigenvalue weighted by Gasteiger charge is -1.82. The van der Waals surface area contributed by atoms with E-state index in [1.807, 2.05) is 12.1 Å². The maximum Gasteiger partial charge on any atom is 0.546 e. The first-order valence-electron chi connectivity index (χ1n) is 4.65. The highest BCUT2D eigenvalue weighted by molar-refractivity contribution is 7.47. The van der Waals surface area contributed by atoms with Crippen molar-refractivity contribution in [3.63, 3.8) is 0 Å². The molecule has 0 saturated carbocycles. The molecule has 0 aliphatic carbocycles. The van der Waals surface area contributed by atoms with Crippen LogP contribution in [0.3, 0.4) is 0 Å². The van der Waals surface area contributed by atoms with Crippen LogP contribution in [-0.4, -0.2) is 10.00 Å². The summed E-state index contributed by atoms with van der Waals surface area (Å²) in [4.78, 5) is 8.53. The predicted molar refractivity (Wildman–Crippen MR) is 64.0 cm³/mol. The monoisotopic (exact) mass is 235 g/mol. The average molecular weight is 235 g/mol. The van der Waals surface area contributed by atoms with Gasteiger partial charge in [0, 0.05) is 0 Å². The fourth-order valence-electron chi connectivity index (χ4n) is 0.984. The molecule has 0 amide bonds. The van der Waals surface area contributed by atoms with E-state index in [1.54, 1.807) is 48.5 Å². The van der Waals surface area contributed by atoms with Crippen LogP contribution in [0, 0.1) is 0 Å². The SMILES string of the molecule is O=[P+](O)c1ccccc1.Oc1ccccc1. The molecule has 82 valence electrons. The minimum atomic E-state index is -2.15. The molecule has 2 aromatic rings. The topological polar surface area (TPSA) is 57.5 Å². The Hall–Kier alpha value is -1.70. The fraction of sp³-hybridized carbons (Fsp3) is 0. The van der Waals surface area contributed by atoms with Crippen molar-refractivity contribution in [2.24, 2.45) is 0 Å². The predicted octanol–water partition coefficient (Wildman–Crippen LogP) is 2.44. The molecule has 2 rings (SSSR count). The zero-order valence-electron chi connectivity index (χ0n) is 8.52. The first-order chi connectivity index (χ1) is 7.70. The molecule has 0 saturated heterocycles. The molecule has 0 aliphatic rings. The molecule has 0 fully saturated rings. The van der Waals surface area contributed by atoms with E-state index < -0.39 is 8.03 Å². The van der Waals surface area contributed by atoms with Crippen LogP contribution in [0.1, 0.15) is 0 Å². The molecule has 0 spiro atoms. The van der Waals surface area contributed by atoms with E-state index in [9.17, 15) is 4.57 Å². The largest absolute Gasteiger partial charge is 0.546 e. The Morgan fingerprint density at radius 1 is 0.812 bits per heavy atom. The lowest BCUT2D eigenvalue weighted by molar-refractivity contribution is 0.475. The summed E-state index contributed by atoms with van der Waals surface area (Å²) in [5, 5.41) is 9.11. The third-order valence-corrected chi connectivity index (χ3v) is 2.47. The molecular formula is C12H12O3P+. The Morgan fingerprint density at radius 3 is 1.50 bits per heavy atom. The quantitative estimate of drug-likeness (QED) is 0.746. The smallest absolute Gasteiger partial charge is 0.508 e. The normalized spacial score (nSPS) is 9.94. The van der Waals surface area contributed by atoms with Crippen molar-refractivity contribution in [2.45, 2.75) is 0 Å². The Labute approximate surface area is 94.9 Å². The number of hydrogen-bond donors (Lipinski definition) is 2. The van der Waals surface area contributed by atoms with Gasteiger partial charge in [-0.3, -0.25) is 0 Å². The van der Waals surface area contributed by atoms with Gasteiger partial charge in [0.1, 0.15) is 5.75 Å². The van der Waals surface area contributed by atoms with Gasteiger partial charge in [-0.25, -0.2) is 0 Å². The summed E-state index contributed by atoms with van der Waals surface area (Å²) < 4.78 is 10.3. The zero-order valence-corrected chi connectivity index (χ0v) is 9.42. The molecule has 0 heterocycles. The van der Waals surface area contributed by atoms with Crippen molar-refractivity contribution in [3.8, 4) is 5.75 Å². The van der Waals surface area contributed by atoms with Gasteiger partial charge in [-0.05, 0) is 28.8 Å². The number of hydrogen-bond acceptors (Lipinski definition) is 2. The summed E-state index contributed by atoms with van der Waals surface area (Å²) in [6, 6.07) is 17.2. The van der Waals surface area contributed by atoms with Crippen LogP contribution in [0.4, 0.5) is 0 Å². The molecule has 0 bridgehead atoms. The van der Waals surface area contributed by atoms with E-state index in [2.05, 4.69) is 0 Å². The molecule has 3 nitrogen and oxygen atoms in total. The van der Waals surface area contributed by atoms with Crippen molar-refractivity contribution in [3.05, 3.63) is 60.7 Å². The summed E-state index contributed by atoms with van der Waals surface area (Å²) in [6.45, 7) is 0. The Kier molecular flexibility index (Phi) is 5.20. The van der Waals surface area contributed by atoms with E-state index >= 15 is 0 Å². The number of para-hydroxylation sites is 1. The van der Waals surface area contributed by atoms with E-state index in [4.69, 9.17) is 10.00 Å². The van der Waals surface area contributed by atoms with Crippen LogP contribution in [0.2, 0.25) is 0 Å². The lowest BCUT2D eigenvalue weighted by Crippen LogP contribution is -1.91. The number of rotatable bonds is 1. The average Bonchev–Trinajstić information content (AvgIpc) is 2.32. The van der Waals surface area contributed by atoms with E-state index in [0.717, 1.165) is 0 Å². The summed E-state index contributed by atoms with van der Waals surface area (Å²) in [5.74, 6) is 0.322. The van der Waals surface area contributed by atoms with Gasteiger partial charge >= 0.3 is 8.03 Å². The zero-order chi connectivity index (χ0) is 11.8. The molecule has 16 heavy (non-hydrogen) atoms. The summed E-state index contributed by atoms with van der Waals surface area (Å²) in [7, 11) is -2.15. The molecule has 0 aromatic heterocycles. The molecule has 4 heteroatoms. The highest BCUT2D eigenvalue weighted by Gasteiger charge is 2.12. The lowest BCUT2D eigenvalue weighted by atomic mass is 10.3. The van der Waals surface area contributed by atoms with Gasteiger partial charge in [0.25, 0.3) is 0 Å². The van der Waals surface area contributed by atoms with Crippen LogP contribution in [0.15, 0.2) is 60.7 Å². The molecule has 2 N–H and O–H groups in total. The Morgan fingerprint density at radius 2 is 1.25 bits per heavy atom. The minimum absolute atomic E-state index is 0.322. The second kappa shape index (κ2) is 6.72. The van der Waals surface area contributed by atoms with Crippen LogP contribution >= 0.6 is 8.03 Å². The van der Waals surface area contributed by atoms with E-state index in [-0.39, 0.29) is 0 Å². The first kappa shape index (κ1) is 12.4. The second-order valence-corrected chi connectivity index (χ2v) is 4.01. The summed E-state index contributed by atoms with van der Waals surface area (Å²) in [5.41, 5.74) is 0. The fourth-order valence-corrected chi connectivity index (χ4v) is 1.41. The maximum absolute atomic E-state index is 10.3. The van der Waals surface area contributed by atoms with Crippen molar-refractivity contribution in [1.29, 1.82) is 0 Å². The number of aromatic hydroxyl groups is 1. The van der Waals surface area contributed by atoms with Gasteiger partial charge in [0.05, 0.1) is 0 Å². The standard InChI is InChI=1S/C6H5O2P.C6H6O/c7-9(8)6-4-2-1-3-5-6;7-6-4-2-1-3-5-6/h1-5H;1-5,7H/p+1. The molecule has 0 aliphatic heterocycles. The first-order valence-corrected chi connectivity index (χ1v) is 5.86. The van der Waals surface area contributed by atoms with Crippen LogP contribution in [0.5, 0.6) is 5.75 Å². The molecule has 1 atom stereocenters. The van der Waals surface area contributed by atoms with Crippen molar-refractivity contribution >= 4 is 13.3 Å². The number of phenols is 1. The van der Waals surface area contributed by atoms with Crippen molar-refractivity contribution < 1.29 is 14.6 Å². The van der Waals surface area contributed by atoms with E-state index in [0.29, 0.717) is 11.1 Å². The van der Waals surface area contributed by atoms with Crippen LogP contribution in [0.25, 0.3) is 0 Å². The summed E-state index contributed by atoms with van der Waals surface area (Å²) >= 11 is 0. The number of phenolic OH excluding ortho intramolecular Hbond substituents is 1. The van der Waals surface area contributed by atoms with Crippen molar-refractivity contribution in [2.75, 3.05) is 0 Å². The molecule has 0 radical (unpaired) electrons. The van der Waals surface area contributed by atoms with Gasteiger partial charge in [-0.15, -0.1) is 0 Å². The minimum Gasteiger partial charge on any atom is -0.508 e. The third kappa shape index (κ3) is 4.69. The maximum atomic E-state index is 10.3. The Balaban J connectivity index is 0.000000165. The summed E-state index contributed by atoms with van der Waals surface area (Å²) in [6.07, 6.45) is 0. The van der Waals surface area contributed by atoms with Gasteiger partial charge in [-0.1, -0.05) is 36.4 Å². The van der Waals surface area contributed by atoms with Crippen molar-refractivity contribution in [1.82, 2.24) is 0 Å². The van der Waals surface area contributed by atoms with Gasteiger partial charge < -0.3 is 5.11 Å². The Bertz CT molecular complexity index is 429. The van der Waals surface area contributed by atoms with Gasteiger partial charge in [0.15, 0.2) is 0 Å².